The predicted molar refractivity (Wildman–Crippen MR) is 35.2 cm³/mol. The average Bonchev–Trinajstić information content (AvgIpc) is 2.34. The van der Waals surface area contributed by atoms with Gasteiger partial charge < -0.3 is 4.74 Å². The Morgan fingerprint density at radius 3 is 2.90 bits per heavy atom. The van der Waals surface area contributed by atoms with Crippen LogP contribution >= 0.6 is 0 Å². The smallest absolute Gasteiger partial charge is 0.246 e. The van der Waals surface area contributed by atoms with E-state index in [1.807, 2.05) is 20.2 Å². The van der Waals surface area contributed by atoms with Crippen molar-refractivity contribution in [2.75, 3.05) is 7.11 Å². The molecule has 1 aromatic rings. The van der Waals surface area contributed by atoms with Crippen LogP contribution in [-0.2, 0) is 11.8 Å². The molecule has 0 bridgehead atoms. The predicted octanol–water partition coefficient (Wildman–Crippen LogP) is -0.0584. The third-order valence-electron chi connectivity index (χ3n) is 1.43. The van der Waals surface area contributed by atoms with Gasteiger partial charge in [-0.25, -0.2) is 0 Å². The molecule has 0 aliphatic rings. The molecule has 10 heavy (non-hydrogen) atoms. The Bertz CT molecular complexity index is 209. The van der Waals surface area contributed by atoms with Crippen molar-refractivity contribution >= 4 is 0 Å². The van der Waals surface area contributed by atoms with Crippen molar-refractivity contribution in [2.45, 2.75) is 13.0 Å². The zero-order valence-electron chi connectivity index (χ0n) is 6.46. The first-order chi connectivity index (χ1) is 4.74. The Morgan fingerprint density at radius 2 is 2.50 bits per heavy atom. The fourth-order valence-electron chi connectivity index (χ4n) is 0.709. The molecule has 0 saturated heterocycles. The third-order valence-corrected chi connectivity index (χ3v) is 1.43. The maximum atomic E-state index is 5.05. The summed E-state index contributed by atoms with van der Waals surface area (Å²) in [5, 5.41) is 6.77. The van der Waals surface area contributed by atoms with Crippen molar-refractivity contribution < 1.29 is 9.42 Å². The molecule has 0 aliphatic heterocycles. The van der Waals surface area contributed by atoms with Gasteiger partial charge in [0.05, 0.1) is 0 Å². The maximum absolute atomic E-state index is 5.05. The molecule has 4 nitrogen and oxygen atoms in total. The van der Waals surface area contributed by atoms with E-state index in [1.54, 1.807) is 11.8 Å². The molecule has 1 heterocycles. The second kappa shape index (κ2) is 2.79. The van der Waals surface area contributed by atoms with Crippen molar-refractivity contribution in [1.29, 1.82) is 0 Å². The molecule has 0 aliphatic carbocycles. The van der Waals surface area contributed by atoms with E-state index in [0.29, 0.717) is 0 Å². The van der Waals surface area contributed by atoms with Crippen LogP contribution in [0.4, 0.5) is 0 Å². The molecular weight excluding hydrogens is 130 g/mol. The first-order valence-corrected chi connectivity index (χ1v) is 3.17. The van der Waals surface area contributed by atoms with Crippen LogP contribution in [0.1, 0.15) is 18.7 Å². The molecule has 1 atom stereocenters. The number of aryl methyl sites for hydroxylation is 1. The van der Waals surface area contributed by atoms with E-state index >= 15 is 0 Å². The van der Waals surface area contributed by atoms with Gasteiger partial charge in [-0.2, -0.15) is 4.68 Å². The van der Waals surface area contributed by atoms with Crippen LogP contribution in [0.25, 0.3) is 0 Å². The molecule has 0 fully saturated rings. The van der Waals surface area contributed by atoms with Gasteiger partial charge in [0.15, 0.2) is 6.20 Å². The van der Waals surface area contributed by atoms with Crippen molar-refractivity contribution in [3.05, 3.63) is 11.9 Å². The van der Waals surface area contributed by atoms with Gasteiger partial charge in [-0.15, -0.1) is 0 Å². The van der Waals surface area contributed by atoms with Crippen molar-refractivity contribution in [3.63, 3.8) is 0 Å². The average molecular weight is 142 g/mol. The molecule has 56 valence electrons. The number of nitrogens with zero attached hydrogens (tertiary/aromatic N) is 2. The second-order valence-electron chi connectivity index (χ2n) is 2.25. The van der Waals surface area contributed by atoms with Gasteiger partial charge >= 0.3 is 0 Å². The molecule has 0 radical (unpaired) electrons. The normalized spacial score (nSPS) is 13.5. The van der Waals surface area contributed by atoms with Crippen LogP contribution in [0.15, 0.2) is 6.20 Å². The summed E-state index contributed by atoms with van der Waals surface area (Å²) in [5.41, 5.74) is 0.921. The Morgan fingerprint density at radius 1 is 1.80 bits per heavy atom. The van der Waals surface area contributed by atoms with Gasteiger partial charge in [0.25, 0.3) is 0 Å². The lowest BCUT2D eigenvalue weighted by atomic mass is 10.3. The molecule has 0 aromatic carbocycles. The van der Waals surface area contributed by atoms with Gasteiger partial charge in [-0.3, -0.25) is 0 Å². The highest BCUT2D eigenvalue weighted by atomic mass is 16.5. The number of hydrogen-bond acceptors (Lipinski definition) is 2. The van der Waals surface area contributed by atoms with Crippen molar-refractivity contribution in [2.24, 2.45) is 7.05 Å². The monoisotopic (exact) mass is 142 g/mol. The summed E-state index contributed by atoms with van der Waals surface area (Å²) in [6.07, 6.45) is 1.96. The van der Waals surface area contributed by atoms with E-state index in [1.165, 1.54) is 0 Å². The first-order valence-electron chi connectivity index (χ1n) is 3.17. The van der Waals surface area contributed by atoms with Crippen LogP contribution in [0.2, 0.25) is 0 Å². The number of nitrogens with one attached hydrogen (secondary N) is 1. The lowest BCUT2D eigenvalue weighted by Gasteiger charge is -1.97. The number of methoxy groups -OCH3 is 1. The lowest BCUT2D eigenvalue weighted by molar-refractivity contribution is -0.730. The Hall–Kier alpha value is -0.900. The summed E-state index contributed by atoms with van der Waals surface area (Å²) in [5.74, 6) is 0. The topological polar surface area (TPSA) is 41.8 Å². The fourth-order valence-corrected chi connectivity index (χ4v) is 0.709. The van der Waals surface area contributed by atoms with Gasteiger partial charge in [0.1, 0.15) is 13.2 Å². The summed E-state index contributed by atoms with van der Waals surface area (Å²) in [4.78, 5) is 0. The molecule has 0 saturated carbocycles. The van der Waals surface area contributed by atoms with E-state index in [0.717, 1.165) is 5.69 Å². The quantitative estimate of drug-likeness (QED) is 0.588. The van der Waals surface area contributed by atoms with Gasteiger partial charge in [-0.05, 0) is 6.92 Å². The molecular formula is C6H12N3O+. The molecule has 0 amide bonds. The number of aromatic nitrogens is 3. The van der Waals surface area contributed by atoms with Crippen LogP contribution in [0.3, 0.4) is 0 Å². The van der Waals surface area contributed by atoms with Gasteiger partial charge in [0.2, 0.25) is 5.69 Å². The van der Waals surface area contributed by atoms with E-state index in [2.05, 4.69) is 10.3 Å². The van der Waals surface area contributed by atoms with Gasteiger partial charge in [-0.1, -0.05) is 5.21 Å². The molecule has 1 rings (SSSR count). The highest BCUT2D eigenvalue weighted by molar-refractivity contribution is 4.91. The summed E-state index contributed by atoms with van der Waals surface area (Å²) in [6.45, 7) is 1.95. The van der Waals surface area contributed by atoms with E-state index in [9.17, 15) is 0 Å². The summed E-state index contributed by atoms with van der Waals surface area (Å²) in [7, 11) is 3.55. The molecule has 4 heteroatoms. The Balaban J connectivity index is 2.74. The number of rotatable bonds is 2. The number of aromatic amines is 1. The minimum Gasteiger partial charge on any atom is -0.373 e. The van der Waals surface area contributed by atoms with Crippen LogP contribution in [-0.4, -0.2) is 17.4 Å². The van der Waals surface area contributed by atoms with E-state index in [4.69, 9.17) is 4.74 Å². The summed E-state index contributed by atoms with van der Waals surface area (Å²) in [6, 6.07) is 0. The van der Waals surface area contributed by atoms with Crippen molar-refractivity contribution in [1.82, 2.24) is 10.3 Å². The van der Waals surface area contributed by atoms with Crippen LogP contribution in [0, 0.1) is 0 Å². The summed E-state index contributed by atoms with van der Waals surface area (Å²) >= 11 is 0. The van der Waals surface area contributed by atoms with Crippen LogP contribution in [0.5, 0.6) is 0 Å². The number of ether oxygens (including phenoxy) is 1. The fraction of sp³-hybridized carbons (Fsp3) is 0.667. The van der Waals surface area contributed by atoms with Crippen LogP contribution < -0.4 is 4.68 Å². The highest BCUT2D eigenvalue weighted by Crippen LogP contribution is 2.08. The third kappa shape index (κ3) is 1.33. The molecule has 1 N–H and O–H groups in total. The number of hydrogen-bond donors (Lipinski definition) is 1. The standard InChI is InChI=1S/C6H11N3O/c1-5(10-3)6-4-9(2)8-7-6/h4-5H,1-3H3/p+1. The first kappa shape index (κ1) is 7.21. The van der Waals surface area contributed by atoms with E-state index in [-0.39, 0.29) is 6.10 Å². The maximum Gasteiger partial charge on any atom is 0.246 e. The molecule has 1 unspecified atom stereocenters. The van der Waals surface area contributed by atoms with E-state index < -0.39 is 0 Å². The zero-order chi connectivity index (χ0) is 7.56. The molecule has 0 spiro atoms. The Kier molecular flexibility index (Phi) is 2.01. The highest BCUT2D eigenvalue weighted by Gasteiger charge is 2.13. The van der Waals surface area contributed by atoms with Crippen molar-refractivity contribution in [3.8, 4) is 0 Å². The Labute approximate surface area is 59.8 Å². The second-order valence-corrected chi connectivity index (χ2v) is 2.25. The largest absolute Gasteiger partial charge is 0.373 e. The lowest BCUT2D eigenvalue weighted by Crippen LogP contribution is -2.28. The SMILES string of the molecule is COC(C)c1c[n+](C)[nH]n1. The number of H-pyrrole nitrogens is 1. The zero-order valence-corrected chi connectivity index (χ0v) is 6.46. The van der Waals surface area contributed by atoms with Gasteiger partial charge in [0, 0.05) is 12.2 Å². The minimum atomic E-state index is 0.0671. The summed E-state index contributed by atoms with van der Waals surface area (Å²) < 4.78 is 6.84. The molecule has 1 aromatic heterocycles. The minimum absolute atomic E-state index is 0.0671.